The Morgan fingerprint density at radius 1 is 1.23 bits per heavy atom. The van der Waals surface area contributed by atoms with Crippen molar-refractivity contribution in [2.45, 2.75) is 24.5 Å². The lowest BCUT2D eigenvalue weighted by atomic mass is 10.2. The molecule has 3 aromatic rings. The number of benzene rings is 1. The third kappa shape index (κ3) is 4.93. The topological polar surface area (TPSA) is 91.4 Å². The van der Waals surface area contributed by atoms with Gasteiger partial charge in [0.2, 0.25) is 0 Å². The molecule has 1 aromatic carbocycles. The fourth-order valence-corrected chi connectivity index (χ4v) is 3.80. The summed E-state index contributed by atoms with van der Waals surface area (Å²) < 4.78 is 74.7. The lowest BCUT2D eigenvalue weighted by molar-refractivity contribution is -0.145. The molecule has 0 unspecified atom stereocenters. The van der Waals surface area contributed by atoms with E-state index in [2.05, 4.69) is 5.10 Å². The van der Waals surface area contributed by atoms with E-state index in [1.165, 1.54) is 30.3 Å². The fourth-order valence-electron chi connectivity index (χ4n) is 2.80. The summed E-state index contributed by atoms with van der Waals surface area (Å²) in [5, 5.41) is 2.69. The smallest absolute Gasteiger partial charge is 0.436 e. The van der Waals surface area contributed by atoms with Crippen molar-refractivity contribution < 1.29 is 35.5 Å². The Balaban J connectivity index is 2.08. The summed E-state index contributed by atoms with van der Waals surface area (Å²) in [6, 6.07) is 8.67. The van der Waals surface area contributed by atoms with Gasteiger partial charge in [-0.3, -0.25) is 4.79 Å². The Hall–Kier alpha value is -2.79. The van der Waals surface area contributed by atoms with Gasteiger partial charge in [-0.2, -0.15) is 18.3 Å². The summed E-state index contributed by atoms with van der Waals surface area (Å²) >= 11 is 5.95. The van der Waals surface area contributed by atoms with Crippen molar-refractivity contribution in [2.24, 2.45) is 0 Å². The molecule has 12 heteroatoms. The number of sulfone groups is 1. The minimum absolute atomic E-state index is 0.0386. The Kier molecular flexibility index (Phi) is 6.19. The van der Waals surface area contributed by atoms with Gasteiger partial charge in [-0.05, 0) is 31.2 Å². The summed E-state index contributed by atoms with van der Waals surface area (Å²) in [4.78, 5) is 11.9. The van der Waals surface area contributed by atoms with Gasteiger partial charge in [0.15, 0.2) is 21.3 Å². The van der Waals surface area contributed by atoms with Crippen LogP contribution in [0.5, 0.6) is 0 Å². The van der Waals surface area contributed by atoms with E-state index in [9.17, 15) is 26.4 Å². The predicted molar refractivity (Wildman–Crippen MR) is 105 cm³/mol. The van der Waals surface area contributed by atoms with Crippen LogP contribution in [0.1, 0.15) is 12.6 Å². The number of aromatic nitrogens is 2. The Morgan fingerprint density at radius 2 is 1.90 bits per heavy atom. The van der Waals surface area contributed by atoms with Crippen LogP contribution < -0.4 is 0 Å². The van der Waals surface area contributed by atoms with Gasteiger partial charge in [-0.25, -0.2) is 13.1 Å². The monoisotopic (exact) mass is 476 g/mol. The van der Waals surface area contributed by atoms with Crippen LogP contribution in [-0.4, -0.2) is 37.0 Å². The molecule has 0 spiro atoms. The molecular formula is C19H16ClF3N2O5S. The van der Waals surface area contributed by atoms with Crippen molar-refractivity contribution in [3.63, 3.8) is 0 Å². The van der Waals surface area contributed by atoms with Crippen LogP contribution in [0.3, 0.4) is 0 Å². The molecule has 7 nitrogen and oxygen atoms in total. The molecule has 31 heavy (non-hydrogen) atoms. The van der Waals surface area contributed by atoms with Crippen molar-refractivity contribution >= 4 is 27.4 Å². The number of furan rings is 1. The first-order chi connectivity index (χ1) is 14.4. The van der Waals surface area contributed by atoms with Crippen molar-refractivity contribution in [1.29, 1.82) is 0 Å². The molecule has 0 saturated carbocycles. The second kappa shape index (κ2) is 8.39. The molecule has 2 aromatic heterocycles. The van der Waals surface area contributed by atoms with Crippen LogP contribution in [0.4, 0.5) is 13.2 Å². The first-order valence-electron chi connectivity index (χ1n) is 8.81. The van der Waals surface area contributed by atoms with Gasteiger partial charge in [0.1, 0.15) is 23.0 Å². The van der Waals surface area contributed by atoms with Gasteiger partial charge in [-0.1, -0.05) is 23.7 Å². The molecule has 0 aliphatic heterocycles. The largest absolute Gasteiger partial charge is 0.465 e. The zero-order valence-corrected chi connectivity index (χ0v) is 17.8. The van der Waals surface area contributed by atoms with Crippen molar-refractivity contribution in [2.75, 3.05) is 12.9 Å². The molecule has 2 heterocycles. The number of esters is 1. The number of halogens is 4. The molecule has 0 atom stereocenters. The van der Waals surface area contributed by atoms with Gasteiger partial charge in [0.25, 0.3) is 0 Å². The molecule has 0 bridgehead atoms. The van der Waals surface area contributed by atoms with Crippen LogP contribution in [-0.2, 0) is 32.1 Å². The van der Waals surface area contributed by atoms with E-state index in [0.717, 1.165) is 10.9 Å². The summed E-state index contributed by atoms with van der Waals surface area (Å²) in [6.07, 6.45) is -3.81. The Morgan fingerprint density at radius 3 is 2.52 bits per heavy atom. The quantitative estimate of drug-likeness (QED) is 0.488. The van der Waals surface area contributed by atoms with Crippen LogP contribution in [0.2, 0.25) is 5.02 Å². The van der Waals surface area contributed by atoms with Crippen LogP contribution in [0, 0.1) is 0 Å². The normalized spacial score (nSPS) is 12.2. The molecule has 0 radical (unpaired) electrons. The third-order valence-corrected chi connectivity index (χ3v) is 5.60. The standard InChI is InChI=1S/C19H16ClF3N2O5S/c1-3-29-15(26)10-25-17(16(20)18(24-25)19(21,22)23)14-8-7-13(30-14)11-5-4-6-12(9-11)31(2,27)28/h4-9H,3,10H2,1-2H3. The zero-order chi connectivity index (χ0) is 23.0. The molecule has 3 rings (SSSR count). The number of carbonyl (C=O) groups is 1. The predicted octanol–water partition coefficient (Wildman–Crippen LogP) is 4.45. The van der Waals surface area contributed by atoms with Gasteiger partial charge in [0.05, 0.1) is 11.5 Å². The fraction of sp³-hybridized carbons (Fsp3) is 0.263. The van der Waals surface area contributed by atoms with Crippen LogP contribution in [0.15, 0.2) is 45.7 Å². The average molecular weight is 477 g/mol. The van der Waals surface area contributed by atoms with Crippen molar-refractivity contribution in [3.8, 4) is 22.8 Å². The molecule has 0 aliphatic carbocycles. The molecule has 0 N–H and O–H groups in total. The second-order valence-electron chi connectivity index (χ2n) is 6.44. The number of nitrogens with zero attached hydrogens (tertiary/aromatic N) is 2. The maximum Gasteiger partial charge on any atom is 0.436 e. The van der Waals surface area contributed by atoms with E-state index in [4.69, 9.17) is 20.8 Å². The van der Waals surface area contributed by atoms with Crippen molar-refractivity contribution in [1.82, 2.24) is 9.78 Å². The first kappa shape index (κ1) is 22.9. The number of hydrogen-bond acceptors (Lipinski definition) is 6. The Bertz CT molecular complexity index is 1230. The molecule has 0 saturated heterocycles. The van der Waals surface area contributed by atoms with E-state index in [1.54, 1.807) is 13.0 Å². The van der Waals surface area contributed by atoms with E-state index in [1.807, 2.05) is 0 Å². The summed E-state index contributed by atoms with van der Waals surface area (Å²) in [5.41, 5.74) is -1.24. The highest BCUT2D eigenvalue weighted by Gasteiger charge is 2.40. The molecule has 0 fully saturated rings. The third-order valence-electron chi connectivity index (χ3n) is 4.13. The maximum absolute atomic E-state index is 13.3. The molecule has 166 valence electrons. The maximum atomic E-state index is 13.3. The van der Waals surface area contributed by atoms with Gasteiger partial charge < -0.3 is 9.15 Å². The van der Waals surface area contributed by atoms with E-state index in [-0.39, 0.29) is 28.7 Å². The van der Waals surface area contributed by atoms with E-state index < -0.39 is 39.2 Å². The minimum atomic E-state index is -4.86. The number of hydrogen-bond donors (Lipinski definition) is 0. The van der Waals surface area contributed by atoms with Gasteiger partial charge in [0, 0.05) is 11.8 Å². The number of ether oxygens (including phenoxy) is 1. The number of alkyl halides is 3. The summed E-state index contributed by atoms with van der Waals surface area (Å²) in [6.45, 7) is 0.981. The van der Waals surface area contributed by atoms with Crippen LogP contribution >= 0.6 is 11.6 Å². The summed E-state index contributed by atoms with van der Waals surface area (Å²) in [5.74, 6) is -0.699. The average Bonchev–Trinajstić information content (AvgIpc) is 3.25. The van der Waals surface area contributed by atoms with Crippen molar-refractivity contribution in [3.05, 3.63) is 47.1 Å². The first-order valence-corrected chi connectivity index (χ1v) is 11.1. The highest BCUT2D eigenvalue weighted by Crippen LogP contribution is 2.41. The highest BCUT2D eigenvalue weighted by atomic mass is 35.5. The number of rotatable bonds is 6. The SMILES string of the molecule is CCOC(=O)Cn1nc(C(F)(F)F)c(Cl)c1-c1ccc(-c2cccc(S(C)(=O)=O)c2)o1. The molecular weight excluding hydrogens is 461 g/mol. The zero-order valence-electron chi connectivity index (χ0n) is 16.2. The Labute approximate surface area is 180 Å². The number of carbonyl (C=O) groups excluding carboxylic acids is 1. The summed E-state index contributed by atoms with van der Waals surface area (Å²) in [7, 11) is -3.48. The lowest BCUT2D eigenvalue weighted by Crippen LogP contribution is -2.16. The lowest BCUT2D eigenvalue weighted by Gasteiger charge is -2.06. The van der Waals surface area contributed by atoms with E-state index in [0.29, 0.717) is 5.56 Å². The molecule has 0 aliphatic rings. The second-order valence-corrected chi connectivity index (χ2v) is 8.83. The van der Waals surface area contributed by atoms with Gasteiger partial charge in [-0.15, -0.1) is 0 Å². The van der Waals surface area contributed by atoms with E-state index >= 15 is 0 Å². The molecule has 0 amide bonds. The van der Waals surface area contributed by atoms with Crippen LogP contribution in [0.25, 0.3) is 22.8 Å². The van der Waals surface area contributed by atoms with Gasteiger partial charge >= 0.3 is 12.1 Å². The minimum Gasteiger partial charge on any atom is -0.465 e. The highest BCUT2D eigenvalue weighted by molar-refractivity contribution is 7.90.